The number of nitrogens with zero attached hydrogens (tertiary/aromatic N) is 3. The van der Waals surface area contributed by atoms with Gasteiger partial charge in [0, 0.05) is 11.1 Å². The summed E-state index contributed by atoms with van der Waals surface area (Å²) in [6.07, 6.45) is 1.45. The number of rotatable bonds is 4. The SMILES string of the molecule is Cc1ccccc1C1=NN2C(=O)C(=Cc3ccc(-c4cccc(C(=O)O)c4)o3)C(=N)N=C2S1. The number of carboxylic acids is 1. The van der Waals surface area contributed by atoms with E-state index >= 15 is 0 Å². The van der Waals surface area contributed by atoms with Gasteiger partial charge in [-0.25, -0.2) is 9.79 Å². The first-order valence-corrected chi connectivity index (χ1v) is 10.7. The topological polar surface area (TPSA) is 119 Å². The molecular formula is C24H16N4O4S. The van der Waals surface area contributed by atoms with Crippen LogP contribution in [-0.2, 0) is 4.79 Å². The number of aromatic carboxylic acids is 1. The van der Waals surface area contributed by atoms with E-state index in [1.54, 1.807) is 24.3 Å². The molecule has 0 spiro atoms. The second-order valence-electron chi connectivity index (χ2n) is 7.33. The Kier molecular flexibility index (Phi) is 5.02. The molecule has 162 valence electrons. The lowest BCUT2D eigenvalue weighted by atomic mass is 10.1. The van der Waals surface area contributed by atoms with Crippen LogP contribution in [-0.4, -0.2) is 38.0 Å². The van der Waals surface area contributed by atoms with Crippen LogP contribution in [0.1, 0.15) is 27.2 Å². The van der Waals surface area contributed by atoms with E-state index in [1.165, 1.54) is 35.0 Å². The number of thioether (sulfide) groups is 1. The van der Waals surface area contributed by atoms with Gasteiger partial charge in [0.1, 0.15) is 16.6 Å². The number of nitrogens with one attached hydrogen (secondary N) is 1. The van der Waals surface area contributed by atoms with Crippen molar-refractivity contribution < 1.29 is 19.1 Å². The summed E-state index contributed by atoms with van der Waals surface area (Å²) in [7, 11) is 0. The molecule has 0 unspecified atom stereocenters. The maximum atomic E-state index is 13.1. The van der Waals surface area contributed by atoms with Crippen LogP contribution in [0.15, 0.2) is 80.7 Å². The van der Waals surface area contributed by atoms with E-state index < -0.39 is 11.9 Å². The highest BCUT2D eigenvalue weighted by Gasteiger charge is 2.37. The third-order valence-electron chi connectivity index (χ3n) is 5.13. The number of amidine groups is 2. The van der Waals surface area contributed by atoms with Crippen molar-refractivity contribution in [3.63, 3.8) is 0 Å². The molecule has 0 bridgehead atoms. The monoisotopic (exact) mass is 456 g/mol. The molecule has 9 heteroatoms. The lowest BCUT2D eigenvalue weighted by molar-refractivity contribution is -0.122. The molecule has 0 aliphatic carbocycles. The zero-order valence-corrected chi connectivity index (χ0v) is 18.1. The lowest BCUT2D eigenvalue weighted by Crippen LogP contribution is -2.35. The second kappa shape index (κ2) is 8.03. The molecule has 0 saturated carbocycles. The molecule has 0 fully saturated rings. The summed E-state index contributed by atoms with van der Waals surface area (Å²) in [5.41, 5.74) is 2.72. The molecule has 3 heterocycles. The average Bonchev–Trinajstić information content (AvgIpc) is 3.44. The molecule has 1 amide bonds. The van der Waals surface area contributed by atoms with Crippen LogP contribution < -0.4 is 0 Å². The Labute approximate surface area is 192 Å². The zero-order valence-electron chi connectivity index (χ0n) is 17.3. The number of carboxylic acid groups (broad SMARTS) is 1. The van der Waals surface area contributed by atoms with Gasteiger partial charge in [0.15, 0.2) is 5.84 Å². The molecule has 5 rings (SSSR count). The Balaban J connectivity index is 1.45. The fourth-order valence-electron chi connectivity index (χ4n) is 3.44. The minimum Gasteiger partial charge on any atom is -0.478 e. The number of aliphatic imine (C=N–C) groups is 1. The van der Waals surface area contributed by atoms with Crippen molar-refractivity contribution in [2.45, 2.75) is 6.92 Å². The summed E-state index contributed by atoms with van der Waals surface area (Å²) in [5, 5.41) is 24.1. The van der Waals surface area contributed by atoms with Gasteiger partial charge in [0.25, 0.3) is 5.91 Å². The molecule has 2 N–H and O–H groups in total. The molecule has 8 nitrogen and oxygen atoms in total. The molecule has 2 aliphatic heterocycles. The van der Waals surface area contributed by atoms with E-state index in [9.17, 15) is 14.7 Å². The van der Waals surface area contributed by atoms with Gasteiger partial charge in [-0.3, -0.25) is 10.2 Å². The standard InChI is InChI=1S/C24H16N4O4S/c1-13-5-2-3-8-17(13)21-27-28-22(29)18(20(25)26-24(28)33-21)12-16-9-10-19(32-16)14-6-4-7-15(11-14)23(30)31/h2-12,25H,1H3,(H,30,31). The number of aryl methyl sites for hydroxylation is 1. The number of hydrogen-bond donors (Lipinski definition) is 2. The van der Waals surface area contributed by atoms with E-state index in [4.69, 9.17) is 9.83 Å². The van der Waals surface area contributed by atoms with Crippen LogP contribution in [0.4, 0.5) is 0 Å². The third kappa shape index (κ3) is 3.79. The molecule has 3 aromatic rings. The van der Waals surface area contributed by atoms with E-state index in [-0.39, 0.29) is 17.0 Å². The molecule has 33 heavy (non-hydrogen) atoms. The van der Waals surface area contributed by atoms with Gasteiger partial charge in [0.05, 0.1) is 11.1 Å². The van der Waals surface area contributed by atoms with Gasteiger partial charge in [-0.2, -0.15) is 10.1 Å². The first-order chi connectivity index (χ1) is 15.9. The van der Waals surface area contributed by atoms with Gasteiger partial charge >= 0.3 is 5.97 Å². The first kappa shape index (κ1) is 20.7. The maximum absolute atomic E-state index is 13.1. The number of amides is 1. The molecule has 2 aliphatic rings. The number of hydrazone groups is 1. The van der Waals surface area contributed by atoms with Crippen molar-refractivity contribution in [1.82, 2.24) is 5.01 Å². The van der Waals surface area contributed by atoms with E-state index in [1.807, 2.05) is 31.2 Å². The van der Waals surface area contributed by atoms with Gasteiger partial charge in [-0.1, -0.05) is 36.4 Å². The summed E-state index contributed by atoms with van der Waals surface area (Å²) >= 11 is 1.25. The minimum absolute atomic E-state index is 0.0503. The lowest BCUT2D eigenvalue weighted by Gasteiger charge is -2.18. The minimum atomic E-state index is -1.03. The Morgan fingerprint density at radius 3 is 2.76 bits per heavy atom. The highest BCUT2D eigenvalue weighted by Crippen LogP contribution is 2.32. The Morgan fingerprint density at radius 2 is 1.97 bits per heavy atom. The first-order valence-electron chi connectivity index (χ1n) is 9.90. The van der Waals surface area contributed by atoms with Crippen LogP contribution in [0.25, 0.3) is 17.4 Å². The zero-order chi connectivity index (χ0) is 23.1. The van der Waals surface area contributed by atoms with E-state index in [2.05, 4.69) is 10.1 Å². The quantitative estimate of drug-likeness (QED) is 0.555. The summed E-state index contributed by atoms with van der Waals surface area (Å²) in [6.45, 7) is 1.97. The maximum Gasteiger partial charge on any atom is 0.335 e. The fourth-order valence-corrected chi connectivity index (χ4v) is 4.42. The number of furan rings is 1. The highest BCUT2D eigenvalue weighted by molar-refractivity contribution is 8.27. The van der Waals surface area contributed by atoms with Crippen molar-refractivity contribution in [1.29, 1.82) is 5.41 Å². The van der Waals surface area contributed by atoms with Gasteiger partial charge in [-0.15, -0.1) is 0 Å². The normalized spacial score (nSPS) is 16.6. The average molecular weight is 456 g/mol. The van der Waals surface area contributed by atoms with Gasteiger partial charge in [0.2, 0.25) is 5.17 Å². The van der Waals surface area contributed by atoms with E-state index in [0.29, 0.717) is 27.3 Å². The largest absolute Gasteiger partial charge is 0.478 e. The number of carbonyl (C=O) groups excluding carboxylic acids is 1. The highest BCUT2D eigenvalue weighted by atomic mass is 32.2. The van der Waals surface area contributed by atoms with Gasteiger partial charge < -0.3 is 9.52 Å². The van der Waals surface area contributed by atoms with Crippen molar-refractivity contribution in [2.24, 2.45) is 10.1 Å². The van der Waals surface area contributed by atoms with Crippen LogP contribution in [0.2, 0.25) is 0 Å². The Hall–Kier alpha value is -4.24. The van der Waals surface area contributed by atoms with Crippen molar-refractivity contribution in [3.05, 3.63) is 88.7 Å². The number of hydrogen-bond acceptors (Lipinski definition) is 6. The van der Waals surface area contributed by atoms with Crippen LogP contribution in [0.5, 0.6) is 0 Å². The van der Waals surface area contributed by atoms with Crippen molar-refractivity contribution >= 4 is 45.8 Å². The third-order valence-corrected chi connectivity index (χ3v) is 6.07. The predicted octanol–water partition coefficient (Wildman–Crippen LogP) is 4.62. The van der Waals surface area contributed by atoms with Crippen LogP contribution >= 0.6 is 11.8 Å². The predicted molar refractivity (Wildman–Crippen MR) is 126 cm³/mol. The summed E-state index contributed by atoms with van der Waals surface area (Å²) < 4.78 is 5.80. The van der Waals surface area contributed by atoms with Gasteiger partial charge in [-0.05, 0) is 54.6 Å². The van der Waals surface area contributed by atoms with Crippen molar-refractivity contribution in [3.8, 4) is 11.3 Å². The molecule has 1 aromatic heterocycles. The van der Waals surface area contributed by atoms with Crippen LogP contribution in [0.3, 0.4) is 0 Å². The number of benzene rings is 2. The molecule has 0 atom stereocenters. The van der Waals surface area contributed by atoms with Crippen LogP contribution in [0, 0.1) is 12.3 Å². The smallest absolute Gasteiger partial charge is 0.335 e. The van der Waals surface area contributed by atoms with Crippen molar-refractivity contribution in [2.75, 3.05) is 0 Å². The number of carbonyl (C=O) groups is 2. The van der Waals surface area contributed by atoms with E-state index in [0.717, 1.165) is 11.1 Å². The summed E-state index contributed by atoms with van der Waals surface area (Å²) in [5.74, 6) is -0.888. The molecular weight excluding hydrogens is 440 g/mol. The molecule has 2 aromatic carbocycles. The Morgan fingerprint density at radius 1 is 1.15 bits per heavy atom. The number of fused-ring (bicyclic) bond motifs is 1. The fraction of sp³-hybridized carbons (Fsp3) is 0.0417. The molecule has 0 saturated heterocycles. The molecule has 0 radical (unpaired) electrons. The summed E-state index contributed by atoms with van der Waals surface area (Å²) in [6, 6.07) is 17.4. The second-order valence-corrected chi connectivity index (χ2v) is 8.28. The Bertz CT molecular complexity index is 1430. The summed E-state index contributed by atoms with van der Waals surface area (Å²) in [4.78, 5) is 28.6.